The van der Waals surface area contributed by atoms with E-state index in [0.29, 0.717) is 126 Å². The van der Waals surface area contributed by atoms with Gasteiger partial charge in [-0.05, 0) is 101 Å². The summed E-state index contributed by atoms with van der Waals surface area (Å²) in [5.41, 5.74) is 5.91. The maximum absolute atomic E-state index is 13.6. The Bertz CT molecular complexity index is 2540. The monoisotopic (exact) mass is 1100 g/mol. The van der Waals surface area contributed by atoms with E-state index >= 15 is 0 Å². The molecule has 0 radical (unpaired) electrons. The molecule has 0 aromatic heterocycles. The maximum Gasteiger partial charge on any atom is 0.336 e. The molecule has 5 heterocycles. The molecule has 76 heavy (non-hydrogen) atoms. The number of benzene rings is 2. The second-order valence-electron chi connectivity index (χ2n) is 20.9. The molecule has 0 bridgehead atoms. The van der Waals surface area contributed by atoms with Gasteiger partial charge in [-0.15, -0.1) is 11.6 Å². The molecule has 3 atom stereocenters. The number of amides is 3. The minimum Gasteiger partial charge on any atom is -0.478 e. The smallest absolute Gasteiger partial charge is 0.336 e. The number of hydrogen-bond acceptors (Lipinski definition) is 12. The van der Waals surface area contributed by atoms with Gasteiger partial charge in [0.05, 0.1) is 69.7 Å². The van der Waals surface area contributed by atoms with E-state index in [1.54, 1.807) is 12.1 Å². The van der Waals surface area contributed by atoms with E-state index in [0.717, 1.165) is 104 Å². The highest BCUT2D eigenvalue weighted by molar-refractivity contribution is 8.00. The van der Waals surface area contributed by atoms with E-state index in [4.69, 9.17) is 30.5 Å². The number of ether oxygens (including phenoxy) is 4. The summed E-state index contributed by atoms with van der Waals surface area (Å²) in [7, 11) is -2.41. The van der Waals surface area contributed by atoms with E-state index in [1.807, 2.05) is 11.8 Å². The highest BCUT2D eigenvalue weighted by Gasteiger charge is 2.44. The number of carboxylic acid groups (broad SMARTS) is 1. The fourth-order valence-electron chi connectivity index (χ4n) is 10.7. The summed E-state index contributed by atoms with van der Waals surface area (Å²) in [5, 5.41) is 29.5. The Morgan fingerprint density at radius 1 is 0.816 bits per heavy atom. The number of thioether (sulfide) groups is 1. The molecule has 4 saturated heterocycles. The molecule has 16 nitrogen and oxygen atoms in total. The normalized spacial score (nSPS) is 20.9. The van der Waals surface area contributed by atoms with Crippen molar-refractivity contribution in [1.29, 1.82) is 0 Å². The second-order valence-corrected chi connectivity index (χ2v) is 26.9. The van der Waals surface area contributed by atoms with Gasteiger partial charge in [0.25, 0.3) is 5.91 Å². The fraction of sp³-hybridized carbons (Fsp3) is 0.561. The van der Waals surface area contributed by atoms with Crippen LogP contribution in [-0.2, 0) is 28.5 Å². The number of unbranched alkanes of at least 4 members (excludes halogenated alkanes) is 4. The summed E-state index contributed by atoms with van der Waals surface area (Å²) in [4.78, 5) is 54.5. The first kappa shape index (κ1) is 57.2. The molecule has 6 aliphatic rings. The third-order valence-corrected chi connectivity index (χ3v) is 20.5. The van der Waals surface area contributed by atoms with Crippen molar-refractivity contribution in [2.24, 2.45) is 5.92 Å². The van der Waals surface area contributed by atoms with Crippen molar-refractivity contribution in [3.63, 3.8) is 0 Å². The van der Waals surface area contributed by atoms with Crippen LogP contribution in [0.2, 0.25) is 13.1 Å². The van der Waals surface area contributed by atoms with Gasteiger partial charge in [-0.2, -0.15) is 11.8 Å². The van der Waals surface area contributed by atoms with E-state index in [9.17, 15) is 24.3 Å². The van der Waals surface area contributed by atoms with Crippen molar-refractivity contribution in [2.75, 3.05) is 115 Å². The van der Waals surface area contributed by atoms with Crippen LogP contribution in [0.25, 0.3) is 5.57 Å². The molecule has 4 fully saturated rings. The zero-order valence-corrected chi connectivity index (χ0v) is 47.1. The number of nitrogens with zero attached hydrogens (tertiary/aromatic N) is 2. The Morgan fingerprint density at radius 3 is 2.29 bits per heavy atom. The molecule has 2 aromatic carbocycles. The van der Waals surface area contributed by atoms with E-state index in [-0.39, 0.29) is 29.2 Å². The molecule has 412 valence electrons. The number of carbonyl (C=O) groups excluding carboxylic acids is 3. The minimum absolute atomic E-state index is 0.00769. The van der Waals surface area contributed by atoms with Crippen LogP contribution in [0.1, 0.15) is 89.6 Å². The number of aromatic carboxylic acids is 1. The largest absolute Gasteiger partial charge is 0.478 e. The minimum atomic E-state index is -2.41. The fourth-order valence-corrected chi connectivity index (χ4v) is 15.5. The molecular weight excluding hydrogens is 1020 g/mol. The Labute approximate surface area is 458 Å². The van der Waals surface area contributed by atoms with Gasteiger partial charge in [-0.1, -0.05) is 45.0 Å². The van der Waals surface area contributed by atoms with Crippen LogP contribution in [0.4, 0.5) is 5.69 Å². The number of anilines is 1. The van der Waals surface area contributed by atoms with Crippen molar-refractivity contribution in [1.82, 2.24) is 26.6 Å². The molecule has 0 unspecified atom stereocenters. The van der Waals surface area contributed by atoms with Crippen LogP contribution in [0.5, 0.6) is 0 Å². The van der Waals surface area contributed by atoms with E-state index in [2.05, 4.69) is 92.2 Å². The summed E-state index contributed by atoms with van der Waals surface area (Å²) < 4.78 is 24.9. The number of fused-ring (bicyclic) bond motifs is 3. The van der Waals surface area contributed by atoms with Crippen LogP contribution in [0.15, 0.2) is 77.8 Å². The summed E-state index contributed by atoms with van der Waals surface area (Å²) in [6.45, 7) is 16.5. The second kappa shape index (κ2) is 28.1. The van der Waals surface area contributed by atoms with Gasteiger partial charge in [-0.25, -0.2) is 9.37 Å². The zero-order valence-electron chi connectivity index (χ0n) is 44.5. The van der Waals surface area contributed by atoms with Crippen molar-refractivity contribution in [3.8, 4) is 0 Å². The molecule has 19 heteroatoms. The molecule has 0 saturated carbocycles. The van der Waals surface area contributed by atoms with Gasteiger partial charge in [0.1, 0.15) is 8.07 Å². The lowest BCUT2D eigenvalue weighted by Gasteiger charge is -2.40. The van der Waals surface area contributed by atoms with Crippen LogP contribution in [0.3, 0.4) is 0 Å². The summed E-state index contributed by atoms with van der Waals surface area (Å²) in [6, 6.07) is 12.4. The molecule has 1 aliphatic carbocycles. The summed E-state index contributed by atoms with van der Waals surface area (Å²) >= 11 is 7.76. The molecule has 3 amide bonds. The molecule has 8 rings (SSSR count). The average Bonchev–Trinajstić information content (AvgIpc) is 3.96. The van der Waals surface area contributed by atoms with Crippen LogP contribution in [0, 0.1) is 5.92 Å². The molecule has 6 N–H and O–H groups in total. The van der Waals surface area contributed by atoms with E-state index < -0.39 is 14.0 Å². The lowest BCUT2D eigenvalue weighted by Crippen LogP contribution is -2.52. The zero-order chi connectivity index (χ0) is 53.4. The van der Waals surface area contributed by atoms with Gasteiger partial charge in [-0.3, -0.25) is 14.4 Å². The van der Waals surface area contributed by atoms with Crippen molar-refractivity contribution in [2.45, 2.75) is 88.2 Å². The number of carbonyl (C=O) groups is 4. The first-order valence-electron chi connectivity index (χ1n) is 27.5. The number of alkyl halides is 1. The SMILES string of the molecule is C=C1N[C@H]2[C@H](CS[C@H]2CCCCNC(=O)CCOCCOCCNC(=O)C2C[N+](=C3C=CC4=C(c5cc(C(=O)NCCOCCOCCCCCCCl)ccc5C(=O)O)c5ccc(N6CCC6)cc5[Si](C)(C)C4=C3)C2)N1. The molecule has 2 aromatic rings. The molecule has 5 aliphatic heterocycles. The van der Waals surface area contributed by atoms with Crippen LogP contribution >= 0.6 is 23.4 Å². The van der Waals surface area contributed by atoms with Crippen molar-refractivity contribution >= 4 is 77.3 Å². The lowest BCUT2D eigenvalue weighted by atomic mass is 9.86. The average molecular weight is 1100 g/mol. The number of halogens is 1. The van der Waals surface area contributed by atoms with Gasteiger partial charge in [0.2, 0.25) is 11.8 Å². The lowest BCUT2D eigenvalue weighted by molar-refractivity contribution is -0.596. The highest BCUT2D eigenvalue weighted by atomic mass is 35.5. The van der Waals surface area contributed by atoms with Crippen LogP contribution < -0.4 is 36.7 Å². The van der Waals surface area contributed by atoms with Gasteiger partial charge >= 0.3 is 5.97 Å². The van der Waals surface area contributed by atoms with Crippen molar-refractivity contribution < 1.29 is 47.8 Å². The Balaban J connectivity index is 0.806. The van der Waals surface area contributed by atoms with E-state index in [1.165, 1.54) is 16.4 Å². The Morgan fingerprint density at radius 2 is 1.55 bits per heavy atom. The quantitative estimate of drug-likeness (QED) is 0.0246. The first-order chi connectivity index (χ1) is 36.9. The number of nitrogens with one attached hydrogen (secondary N) is 5. The van der Waals surface area contributed by atoms with Gasteiger partial charge < -0.3 is 55.5 Å². The first-order valence-corrected chi connectivity index (χ1v) is 32.1. The topological polar surface area (TPSA) is 192 Å². The summed E-state index contributed by atoms with van der Waals surface area (Å²) in [6.07, 6.45) is 15.2. The van der Waals surface area contributed by atoms with Crippen LogP contribution in [-0.4, -0.2) is 175 Å². The number of allylic oxidation sites excluding steroid dienone is 5. The third-order valence-electron chi connectivity index (χ3n) is 15.2. The number of hydrogen-bond donors (Lipinski definition) is 6. The third kappa shape index (κ3) is 14.8. The van der Waals surface area contributed by atoms with Gasteiger partial charge in [0, 0.05) is 86.0 Å². The van der Waals surface area contributed by atoms with Gasteiger partial charge in [0.15, 0.2) is 24.7 Å². The highest BCUT2D eigenvalue weighted by Crippen LogP contribution is 2.43. The predicted octanol–water partition coefficient (Wildman–Crippen LogP) is 5.35. The predicted molar refractivity (Wildman–Crippen MR) is 304 cm³/mol. The summed E-state index contributed by atoms with van der Waals surface area (Å²) in [5.74, 6) is 1.16. The number of carboxylic acids is 1. The Hall–Kier alpha value is -4.95. The molecule has 0 spiro atoms. The Kier molecular flexibility index (Phi) is 21.1. The standard InChI is InChI=1S/C57H78ClN7O9SSi/c1-39-62-48-38-75-49(54(48)63-39)11-6-8-20-59-52(66)18-26-72-30-32-74-28-22-61-56(68)41-36-65(37-41)43-14-17-46-51(35-43)76(2,3)50-34-42(64-23-10-24-64)13-16-45(50)53(46)47-33-40(12-15-44(47)57(69)70)55(67)60-21-27-73-31-29-71-25-9-5-4-7-19-58/h12-17,33-35,41,48-49,54,62-63H,1,4-11,18-32,36-38H2,2-3H3,(H3-,59,60,61,66,67,68,69,70)/p+1/t48-,49-,54-/m0/s1. The maximum atomic E-state index is 13.6. The van der Waals surface area contributed by atoms with Crippen molar-refractivity contribution in [3.05, 3.63) is 100 Å². The molecular formula is C57H79ClN7O9SSi+. The number of rotatable bonds is 31.